The van der Waals surface area contributed by atoms with Crippen LogP contribution < -0.4 is 10.2 Å². The number of amides is 1. The van der Waals surface area contributed by atoms with Crippen molar-refractivity contribution in [2.75, 3.05) is 18.0 Å². The summed E-state index contributed by atoms with van der Waals surface area (Å²) in [7, 11) is 0. The van der Waals surface area contributed by atoms with Crippen molar-refractivity contribution >= 4 is 11.7 Å². The van der Waals surface area contributed by atoms with Gasteiger partial charge in [0.1, 0.15) is 5.82 Å². The number of fused-ring (bicyclic) bond motifs is 1. The van der Waals surface area contributed by atoms with Gasteiger partial charge in [-0.15, -0.1) is 0 Å². The fourth-order valence-corrected chi connectivity index (χ4v) is 4.08. The van der Waals surface area contributed by atoms with Crippen molar-refractivity contribution in [2.24, 2.45) is 0 Å². The van der Waals surface area contributed by atoms with Crippen LogP contribution in [0.4, 0.5) is 5.82 Å². The summed E-state index contributed by atoms with van der Waals surface area (Å²) in [5, 5.41) is 3.25. The maximum absolute atomic E-state index is 12.5. The van der Waals surface area contributed by atoms with Gasteiger partial charge in [0.2, 0.25) is 5.91 Å². The second kappa shape index (κ2) is 7.21. The van der Waals surface area contributed by atoms with Crippen molar-refractivity contribution in [1.82, 2.24) is 15.3 Å². The fraction of sp³-hybridized carbons (Fsp3) is 0.450. The Bertz CT molecular complexity index is 725. The van der Waals surface area contributed by atoms with E-state index in [1.807, 2.05) is 0 Å². The highest BCUT2D eigenvalue weighted by atomic mass is 16.1. The van der Waals surface area contributed by atoms with Crippen LogP contribution in [0.3, 0.4) is 0 Å². The topological polar surface area (TPSA) is 58.1 Å². The summed E-state index contributed by atoms with van der Waals surface area (Å²) in [5.41, 5.74) is 2.78. The summed E-state index contributed by atoms with van der Waals surface area (Å²) in [6, 6.07) is 8.82. The number of anilines is 1. The summed E-state index contributed by atoms with van der Waals surface area (Å²) in [4.78, 5) is 23.2. The Hall–Kier alpha value is -2.43. The van der Waals surface area contributed by atoms with Crippen molar-refractivity contribution in [2.45, 2.75) is 44.1 Å². The van der Waals surface area contributed by atoms with E-state index in [1.54, 1.807) is 18.6 Å². The number of carbonyl (C=O) groups excluding carboxylic acids is 1. The van der Waals surface area contributed by atoms with Gasteiger partial charge >= 0.3 is 0 Å². The standard InChI is InChI=1S/C20H24N4O/c25-20(13-16-6-5-15-3-1-2-4-18(15)16)23-17-7-11-24(12-8-17)19-14-21-9-10-22-19/h1-4,9-10,14,16-17H,5-8,11-13H2,(H,23,25)/t16-/m1/s1. The first-order valence-electron chi connectivity index (χ1n) is 9.18. The Morgan fingerprint density at radius 2 is 2.00 bits per heavy atom. The average molecular weight is 336 g/mol. The van der Waals surface area contributed by atoms with Crippen LogP contribution in [-0.2, 0) is 11.2 Å². The minimum Gasteiger partial charge on any atom is -0.355 e. The molecule has 0 unspecified atom stereocenters. The van der Waals surface area contributed by atoms with E-state index in [9.17, 15) is 4.79 Å². The van der Waals surface area contributed by atoms with E-state index >= 15 is 0 Å². The molecule has 2 aromatic rings. The molecule has 1 aromatic carbocycles. The number of aromatic nitrogens is 2. The van der Waals surface area contributed by atoms with E-state index in [2.05, 4.69) is 44.5 Å². The molecule has 1 fully saturated rings. The number of carbonyl (C=O) groups is 1. The molecule has 130 valence electrons. The van der Waals surface area contributed by atoms with Gasteiger partial charge in [-0.2, -0.15) is 0 Å². The van der Waals surface area contributed by atoms with Gasteiger partial charge in [0.25, 0.3) is 0 Å². The minimum absolute atomic E-state index is 0.194. The molecule has 0 radical (unpaired) electrons. The summed E-state index contributed by atoms with van der Waals surface area (Å²) >= 11 is 0. The number of nitrogens with one attached hydrogen (secondary N) is 1. The predicted octanol–water partition coefficient (Wildman–Crippen LogP) is 2.68. The zero-order valence-corrected chi connectivity index (χ0v) is 14.4. The van der Waals surface area contributed by atoms with Crippen molar-refractivity contribution in [3.05, 3.63) is 54.0 Å². The van der Waals surface area contributed by atoms with Gasteiger partial charge in [0.05, 0.1) is 6.20 Å². The molecule has 2 heterocycles. The third-order valence-electron chi connectivity index (χ3n) is 5.42. The lowest BCUT2D eigenvalue weighted by molar-refractivity contribution is -0.122. The molecule has 0 spiro atoms. The smallest absolute Gasteiger partial charge is 0.220 e. The molecule has 5 nitrogen and oxygen atoms in total. The number of nitrogens with zero attached hydrogens (tertiary/aromatic N) is 3. The second-order valence-electron chi connectivity index (χ2n) is 7.03. The van der Waals surface area contributed by atoms with Crippen LogP contribution >= 0.6 is 0 Å². The number of hydrogen-bond donors (Lipinski definition) is 1. The van der Waals surface area contributed by atoms with E-state index < -0.39 is 0 Å². The summed E-state index contributed by atoms with van der Waals surface area (Å²) in [6.07, 6.45) is 9.95. The SMILES string of the molecule is O=C(C[C@H]1CCc2ccccc21)NC1CCN(c2cnccn2)CC1. The van der Waals surface area contributed by atoms with Crippen LogP contribution in [0.5, 0.6) is 0 Å². The zero-order valence-electron chi connectivity index (χ0n) is 14.4. The van der Waals surface area contributed by atoms with Gasteiger partial charge in [-0.3, -0.25) is 9.78 Å². The molecule has 4 rings (SSSR count). The number of benzene rings is 1. The Morgan fingerprint density at radius 1 is 1.16 bits per heavy atom. The number of rotatable bonds is 4. The summed E-state index contributed by atoms with van der Waals surface area (Å²) < 4.78 is 0. The molecule has 0 bridgehead atoms. The molecule has 1 aliphatic heterocycles. The molecule has 2 aliphatic rings. The van der Waals surface area contributed by atoms with Crippen LogP contribution in [0.1, 0.15) is 42.7 Å². The molecule has 25 heavy (non-hydrogen) atoms. The molecule has 1 aromatic heterocycles. The maximum atomic E-state index is 12.5. The van der Waals surface area contributed by atoms with Crippen molar-refractivity contribution < 1.29 is 4.79 Å². The van der Waals surface area contributed by atoms with Crippen molar-refractivity contribution in [3.8, 4) is 0 Å². The predicted molar refractivity (Wildman–Crippen MR) is 97.5 cm³/mol. The molecule has 1 atom stereocenters. The monoisotopic (exact) mass is 336 g/mol. The average Bonchev–Trinajstić information content (AvgIpc) is 3.06. The van der Waals surface area contributed by atoms with Crippen LogP contribution in [0.15, 0.2) is 42.9 Å². The number of piperidine rings is 1. The van der Waals surface area contributed by atoms with E-state index in [4.69, 9.17) is 0 Å². The lowest BCUT2D eigenvalue weighted by Crippen LogP contribution is -2.45. The van der Waals surface area contributed by atoms with E-state index in [-0.39, 0.29) is 11.9 Å². The van der Waals surface area contributed by atoms with E-state index in [0.29, 0.717) is 12.3 Å². The van der Waals surface area contributed by atoms with Crippen LogP contribution in [-0.4, -0.2) is 35.0 Å². The quantitative estimate of drug-likeness (QED) is 0.933. The largest absolute Gasteiger partial charge is 0.355 e. The second-order valence-corrected chi connectivity index (χ2v) is 7.03. The Labute approximate surface area is 148 Å². The maximum Gasteiger partial charge on any atom is 0.220 e. The van der Waals surface area contributed by atoms with Gasteiger partial charge in [-0.1, -0.05) is 24.3 Å². The summed E-state index contributed by atoms with van der Waals surface area (Å²) in [5.74, 6) is 1.50. The van der Waals surface area contributed by atoms with E-state index in [1.165, 1.54) is 11.1 Å². The molecule has 1 aliphatic carbocycles. The van der Waals surface area contributed by atoms with Gasteiger partial charge in [-0.25, -0.2) is 4.98 Å². The first-order chi connectivity index (χ1) is 12.3. The number of aryl methyl sites for hydroxylation is 1. The van der Waals surface area contributed by atoms with E-state index in [0.717, 1.165) is 44.6 Å². The first kappa shape index (κ1) is 16.1. The van der Waals surface area contributed by atoms with Gasteiger partial charge in [0, 0.05) is 37.9 Å². The Balaban J connectivity index is 1.27. The highest BCUT2D eigenvalue weighted by Gasteiger charge is 2.26. The Morgan fingerprint density at radius 3 is 2.80 bits per heavy atom. The normalized spacial score (nSPS) is 20.3. The zero-order chi connectivity index (χ0) is 17.1. The van der Waals surface area contributed by atoms with Crippen LogP contribution in [0.2, 0.25) is 0 Å². The van der Waals surface area contributed by atoms with Gasteiger partial charge in [-0.05, 0) is 42.7 Å². The summed E-state index contributed by atoms with van der Waals surface area (Å²) in [6.45, 7) is 1.83. The lowest BCUT2D eigenvalue weighted by atomic mass is 9.97. The Kier molecular flexibility index (Phi) is 4.63. The lowest BCUT2D eigenvalue weighted by Gasteiger charge is -2.33. The third-order valence-corrected chi connectivity index (χ3v) is 5.42. The van der Waals surface area contributed by atoms with Crippen LogP contribution in [0.25, 0.3) is 0 Å². The molecule has 1 saturated heterocycles. The minimum atomic E-state index is 0.194. The van der Waals surface area contributed by atoms with Crippen LogP contribution in [0, 0.1) is 0 Å². The fourth-order valence-electron chi connectivity index (χ4n) is 4.08. The van der Waals surface area contributed by atoms with Crippen molar-refractivity contribution in [1.29, 1.82) is 0 Å². The molecule has 5 heteroatoms. The van der Waals surface area contributed by atoms with Crippen molar-refractivity contribution in [3.63, 3.8) is 0 Å². The molecule has 1 N–H and O–H groups in total. The number of hydrogen-bond acceptors (Lipinski definition) is 4. The first-order valence-corrected chi connectivity index (χ1v) is 9.18. The third kappa shape index (κ3) is 3.65. The van der Waals surface area contributed by atoms with Gasteiger partial charge in [0.15, 0.2) is 0 Å². The molecule has 1 amide bonds. The molecular formula is C20H24N4O. The molecule has 0 saturated carbocycles. The highest BCUT2D eigenvalue weighted by Crippen LogP contribution is 2.35. The highest BCUT2D eigenvalue weighted by molar-refractivity contribution is 5.77. The van der Waals surface area contributed by atoms with Gasteiger partial charge < -0.3 is 10.2 Å². The molecular weight excluding hydrogens is 312 g/mol.